The summed E-state index contributed by atoms with van der Waals surface area (Å²) >= 11 is 0. The van der Waals surface area contributed by atoms with E-state index in [1.165, 1.54) is 11.3 Å². The number of piperidine rings is 1. The lowest BCUT2D eigenvalue weighted by molar-refractivity contribution is 0.208. The van der Waals surface area contributed by atoms with Crippen LogP contribution in [0.5, 0.6) is 0 Å². The highest BCUT2D eigenvalue weighted by Gasteiger charge is 2.25. The van der Waals surface area contributed by atoms with Crippen molar-refractivity contribution >= 4 is 11.6 Å². The molecule has 0 radical (unpaired) electrons. The van der Waals surface area contributed by atoms with Crippen molar-refractivity contribution in [3.63, 3.8) is 0 Å². The average Bonchev–Trinajstić information content (AvgIpc) is 2.72. The van der Waals surface area contributed by atoms with Crippen LogP contribution in [0.25, 0.3) is 0 Å². The number of aliphatic hydroxyl groups excluding tert-OH is 1. The van der Waals surface area contributed by atoms with E-state index < -0.39 is 6.10 Å². The van der Waals surface area contributed by atoms with Crippen molar-refractivity contribution in [3.05, 3.63) is 35.7 Å². The van der Waals surface area contributed by atoms with Crippen molar-refractivity contribution in [2.24, 2.45) is 0 Å². The van der Waals surface area contributed by atoms with Crippen LogP contribution in [-0.4, -0.2) is 57.3 Å². The van der Waals surface area contributed by atoms with Crippen molar-refractivity contribution in [3.8, 4) is 0 Å². The first-order valence-electron chi connectivity index (χ1n) is 9.73. The van der Waals surface area contributed by atoms with Gasteiger partial charge in [0.05, 0.1) is 6.10 Å². The second-order valence-corrected chi connectivity index (χ2v) is 7.38. The van der Waals surface area contributed by atoms with E-state index in [1.807, 2.05) is 12.3 Å². The van der Waals surface area contributed by atoms with Crippen LogP contribution in [-0.2, 0) is 13.0 Å². The molecule has 0 bridgehead atoms. The lowest BCUT2D eigenvalue weighted by atomic mass is 9.95. The Balaban J connectivity index is 1.38. The maximum absolute atomic E-state index is 9.41. The van der Waals surface area contributed by atoms with Crippen LogP contribution in [0.1, 0.15) is 42.8 Å². The van der Waals surface area contributed by atoms with Gasteiger partial charge in [0.2, 0.25) is 0 Å². The minimum absolute atomic E-state index is 0.411. The molecule has 8 heteroatoms. The molecule has 1 saturated heterocycles. The third kappa shape index (κ3) is 4.33. The second kappa shape index (κ2) is 8.14. The van der Waals surface area contributed by atoms with E-state index in [0.29, 0.717) is 12.5 Å². The van der Waals surface area contributed by atoms with Gasteiger partial charge in [0.15, 0.2) is 0 Å². The van der Waals surface area contributed by atoms with Gasteiger partial charge in [0.25, 0.3) is 0 Å². The van der Waals surface area contributed by atoms with Gasteiger partial charge in [-0.1, -0.05) is 0 Å². The molecule has 0 amide bonds. The maximum atomic E-state index is 9.41. The number of aliphatic hydroxyl groups is 1. The van der Waals surface area contributed by atoms with Crippen LogP contribution >= 0.6 is 0 Å². The van der Waals surface area contributed by atoms with Gasteiger partial charge in [0.1, 0.15) is 23.8 Å². The number of hydrogen-bond acceptors (Lipinski definition) is 8. The highest BCUT2D eigenvalue weighted by atomic mass is 16.3. The monoisotopic (exact) mass is 369 g/mol. The van der Waals surface area contributed by atoms with Gasteiger partial charge >= 0.3 is 0 Å². The lowest BCUT2D eigenvalue weighted by Crippen LogP contribution is -2.34. The molecule has 4 rings (SSSR count). The molecule has 0 saturated carbocycles. The Morgan fingerprint density at radius 1 is 1.30 bits per heavy atom. The fraction of sp³-hybridized carbons (Fsp3) is 0.579. The Bertz CT molecular complexity index is 774. The van der Waals surface area contributed by atoms with Crippen LogP contribution in [0.2, 0.25) is 0 Å². The van der Waals surface area contributed by atoms with E-state index >= 15 is 0 Å². The summed E-state index contributed by atoms with van der Waals surface area (Å²) in [5, 5.41) is 15.9. The fourth-order valence-electron chi connectivity index (χ4n) is 3.68. The molecular weight excluding hydrogens is 342 g/mol. The van der Waals surface area contributed by atoms with E-state index in [2.05, 4.69) is 30.5 Å². The fourth-order valence-corrected chi connectivity index (χ4v) is 3.68. The molecule has 0 spiro atoms. The predicted octanol–water partition coefficient (Wildman–Crippen LogP) is 1.09. The van der Waals surface area contributed by atoms with Crippen molar-refractivity contribution < 1.29 is 5.11 Å². The van der Waals surface area contributed by atoms with E-state index in [1.54, 1.807) is 13.3 Å². The zero-order chi connectivity index (χ0) is 18.6. The van der Waals surface area contributed by atoms with E-state index in [9.17, 15) is 5.11 Å². The molecule has 0 aliphatic carbocycles. The molecule has 8 nitrogen and oxygen atoms in total. The highest BCUT2D eigenvalue weighted by Crippen LogP contribution is 2.29. The maximum Gasteiger partial charge on any atom is 0.134 e. The molecule has 2 aromatic rings. The Hall–Kier alpha value is -2.32. The zero-order valence-corrected chi connectivity index (χ0v) is 15.7. The van der Waals surface area contributed by atoms with Gasteiger partial charge in [-0.25, -0.2) is 19.9 Å². The number of anilines is 2. The summed E-state index contributed by atoms with van der Waals surface area (Å²) in [5.74, 6) is 3.08. The predicted molar refractivity (Wildman–Crippen MR) is 104 cm³/mol. The molecule has 0 aromatic carbocycles. The van der Waals surface area contributed by atoms with Crippen LogP contribution in [0, 0.1) is 0 Å². The molecule has 144 valence electrons. The molecule has 1 atom stereocenters. The Labute approximate surface area is 159 Å². The first-order valence-corrected chi connectivity index (χ1v) is 9.73. The smallest absolute Gasteiger partial charge is 0.134 e. The van der Waals surface area contributed by atoms with Gasteiger partial charge < -0.3 is 20.6 Å². The van der Waals surface area contributed by atoms with Crippen LogP contribution in [0.3, 0.4) is 0 Å². The van der Waals surface area contributed by atoms with Crippen LogP contribution < -0.4 is 15.5 Å². The third-order valence-electron chi connectivity index (χ3n) is 5.24. The van der Waals surface area contributed by atoms with Gasteiger partial charge in [-0.15, -0.1) is 0 Å². The van der Waals surface area contributed by atoms with Crippen molar-refractivity contribution in [2.45, 2.75) is 44.8 Å². The molecule has 3 N–H and O–H groups in total. The van der Waals surface area contributed by atoms with Crippen molar-refractivity contribution in [2.75, 3.05) is 36.4 Å². The van der Waals surface area contributed by atoms with E-state index in [0.717, 1.165) is 62.9 Å². The summed E-state index contributed by atoms with van der Waals surface area (Å²) in [5.41, 5.74) is 2.45. The summed E-state index contributed by atoms with van der Waals surface area (Å²) in [7, 11) is 0. The molecule has 2 aliphatic rings. The lowest BCUT2D eigenvalue weighted by Gasteiger charge is -2.32. The second-order valence-electron chi connectivity index (χ2n) is 7.38. The van der Waals surface area contributed by atoms with E-state index in [-0.39, 0.29) is 0 Å². The molecule has 2 aromatic heterocycles. The number of rotatable bonds is 5. The Morgan fingerprint density at radius 3 is 2.96 bits per heavy atom. The Morgan fingerprint density at radius 2 is 2.15 bits per heavy atom. The third-order valence-corrected chi connectivity index (χ3v) is 5.24. The topological polar surface area (TPSA) is 99.1 Å². The largest absolute Gasteiger partial charge is 0.392 e. The number of fused-ring (bicyclic) bond motifs is 1. The summed E-state index contributed by atoms with van der Waals surface area (Å²) in [6.45, 7) is 5.97. The summed E-state index contributed by atoms with van der Waals surface area (Å²) < 4.78 is 0. The molecule has 4 heterocycles. The quantitative estimate of drug-likeness (QED) is 0.720. The summed E-state index contributed by atoms with van der Waals surface area (Å²) in [4.78, 5) is 20.4. The summed E-state index contributed by atoms with van der Waals surface area (Å²) in [6, 6.07) is 1.95. The molecule has 27 heavy (non-hydrogen) atoms. The van der Waals surface area contributed by atoms with Gasteiger partial charge in [-0.2, -0.15) is 0 Å². The van der Waals surface area contributed by atoms with Crippen molar-refractivity contribution in [1.82, 2.24) is 25.3 Å². The number of nitrogens with one attached hydrogen (secondary N) is 2. The standard InChI is InChI=1S/C19H27N7O/c1-13(27)9-21-17-8-18(24-12-23-17)26-6-3-14(4-7-26)19-22-11-15-10-20-5-2-16(15)25-19/h8,11-14,20,27H,2-7,9-10H2,1H3,(H,21,23,24). The van der Waals surface area contributed by atoms with E-state index in [4.69, 9.17) is 4.98 Å². The molecular formula is C19H27N7O. The normalized spacial score (nSPS) is 18.8. The van der Waals surface area contributed by atoms with Gasteiger partial charge in [-0.3, -0.25) is 0 Å². The first-order chi connectivity index (χ1) is 13.2. The van der Waals surface area contributed by atoms with Crippen molar-refractivity contribution in [1.29, 1.82) is 0 Å². The number of aromatic nitrogens is 4. The minimum Gasteiger partial charge on any atom is -0.392 e. The molecule has 1 fully saturated rings. The number of nitrogens with zero attached hydrogens (tertiary/aromatic N) is 5. The SMILES string of the molecule is CC(O)CNc1cc(N2CCC(c3ncc4c(n3)CCNC4)CC2)ncn1. The van der Waals surface area contributed by atoms with Crippen LogP contribution in [0.4, 0.5) is 11.6 Å². The first kappa shape index (κ1) is 18.1. The zero-order valence-electron chi connectivity index (χ0n) is 15.7. The molecule has 1 unspecified atom stereocenters. The summed E-state index contributed by atoms with van der Waals surface area (Å²) in [6.07, 6.45) is 6.21. The minimum atomic E-state index is -0.411. The Kier molecular flexibility index (Phi) is 5.45. The molecule has 2 aliphatic heterocycles. The highest BCUT2D eigenvalue weighted by molar-refractivity contribution is 5.48. The van der Waals surface area contributed by atoms with Gasteiger partial charge in [-0.05, 0) is 19.8 Å². The number of hydrogen-bond donors (Lipinski definition) is 3. The average molecular weight is 369 g/mol. The van der Waals surface area contributed by atoms with Gasteiger partial charge in [0, 0.05) is 68.6 Å². The van der Waals surface area contributed by atoms with Crippen LogP contribution in [0.15, 0.2) is 18.6 Å².